The number of nitrogens with zero attached hydrogens (tertiary/aromatic N) is 1. The summed E-state index contributed by atoms with van der Waals surface area (Å²) in [6.45, 7) is 8.26. The monoisotopic (exact) mass is 212 g/mol. The van der Waals surface area contributed by atoms with Crippen molar-refractivity contribution < 1.29 is 0 Å². The van der Waals surface area contributed by atoms with Crippen LogP contribution in [-0.4, -0.2) is 37.6 Å². The Morgan fingerprint density at radius 2 is 2.00 bits per heavy atom. The van der Waals surface area contributed by atoms with Gasteiger partial charge in [-0.3, -0.25) is 0 Å². The van der Waals surface area contributed by atoms with E-state index in [1.54, 1.807) is 0 Å². The molecule has 2 nitrogen and oxygen atoms in total. The molecule has 2 heteroatoms. The standard InChI is InChI=1S/C13H28N2/c1-4-6-7-12-9-13(14-8-5-2)11-15(3)10-12/h12-14H,4-11H2,1-3H3. The Hall–Kier alpha value is -0.0800. The number of piperidine rings is 1. The van der Waals surface area contributed by atoms with Crippen LogP contribution in [0.1, 0.15) is 46.0 Å². The SMILES string of the molecule is CCCCC1CC(NCCC)CN(C)C1. The minimum Gasteiger partial charge on any atom is -0.313 e. The molecule has 0 aromatic heterocycles. The highest BCUT2D eigenvalue weighted by molar-refractivity contribution is 4.81. The molecule has 0 saturated carbocycles. The molecular formula is C13H28N2. The van der Waals surface area contributed by atoms with E-state index in [0.29, 0.717) is 0 Å². The summed E-state index contributed by atoms with van der Waals surface area (Å²) in [5, 5.41) is 3.67. The maximum atomic E-state index is 3.67. The molecule has 1 heterocycles. The Morgan fingerprint density at radius 3 is 2.67 bits per heavy atom. The molecule has 0 bridgehead atoms. The number of rotatable bonds is 6. The summed E-state index contributed by atoms with van der Waals surface area (Å²) in [6, 6.07) is 0.741. The lowest BCUT2D eigenvalue weighted by Gasteiger charge is -2.36. The second kappa shape index (κ2) is 7.24. The second-order valence-electron chi connectivity index (χ2n) is 5.12. The van der Waals surface area contributed by atoms with Gasteiger partial charge in [-0.25, -0.2) is 0 Å². The molecule has 0 aromatic rings. The average molecular weight is 212 g/mol. The molecule has 1 rings (SSSR count). The van der Waals surface area contributed by atoms with Crippen LogP contribution >= 0.6 is 0 Å². The van der Waals surface area contributed by atoms with Crippen LogP contribution in [0.15, 0.2) is 0 Å². The Labute approximate surface area is 95.4 Å². The number of likely N-dealkylation sites (N-methyl/N-ethyl adjacent to an activating group) is 1. The quantitative estimate of drug-likeness (QED) is 0.728. The first-order valence-corrected chi connectivity index (χ1v) is 6.68. The van der Waals surface area contributed by atoms with Crippen molar-refractivity contribution in [3.8, 4) is 0 Å². The van der Waals surface area contributed by atoms with E-state index in [1.165, 1.54) is 51.7 Å². The first kappa shape index (κ1) is 13.0. The van der Waals surface area contributed by atoms with Crippen molar-refractivity contribution >= 4 is 0 Å². The molecule has 1 aliphatic heterocycles. The molecule has 2 unspecified atom stereocenters. The third-order valence-electron chi connectivity index (χ3n) is 3.37. The molecular weight excluding hydrogens is 184 g/mol. The third kappa shape index (κ3) is 4.98. The molecule has 15 heavy (non-hydrogen) atoms. The van der Waals surface area contributed by atoms with Gasteiger partial charge in [-0.1, -0.05) is 26.7 Å². The van der Waals surface area contributed by atoms with Crippen molar-refractivity contribution in [2.75, 3.05) is 26.7 Å². The van der Waals surface area contributed by atoms with Gasteiger partial charge in [0.05, 0.1) is 0 Å². The number of likely N-dealkylation sites (tertiary alicyclic amines) is 1. The van der Waals surface area contributed by atoms with Crippen molar-refractivity contribution in [3.63, 3.8) is 0 Å². The summed E-state index contributed by atoms with van der Waals surface area (Å²) in [5.41, 5.74) is 0. The van der Waals surface area contributed by atoms with E-state index in [0.717, 1.165) is 12.0 Å². The highest BCUT2D eigenvalue weighted by Gasteiger charge is 2.23. The minimum absolute atomic E-state index is 0.741. The molecule has 1 fully saturated rings. The van der Waals surface area contributed by atoms with Gasteiger partial charge in [0.2, 0.25) is 0 Å². The average Bonchev–Trinajstić information content (AvgIpc) is 2.23. The van der Waals surface area contributed by atoms with Crippen molar-refractivity contribution in [1.29, 1.82) is 0 Å². The molecule has 0 radical (unpaired) electrons. The van der Waals surface area contributed by atoms with E-state index in [2.05, 4.69) is 31.1 Å². The number of hydrogen-bond donors (Lipinski definition) is 1. The summed E-state index contributed by atoms with van der Waals surface area (Å²) >= 11 is 0. The normalized spacial score (nSPS) is 28.2. The largest absolute Gasteiger partial charge is 0.313 e. The lowest BCUT2D eigenvalue weighted by atomic mass is 9.90. The van der Waals surface area contributed by atoms with E-state index >= 15 is 0 Å². The summed E-state index contributed by atoms with van der Waals surface area (Å²) in [7, 11) is 2.26. The van der Waals surface area contributed by atoms with E-state index in [1.807, 2.05) is 0 Å². The summed E-state index contributed by atoms with van der Waals surface area (Å²) in [4.78, 5) is 2.50. The third-order valence-corrected chi connectivity index (χ3v) is 3.37. The van der Waals surface area contributed by atoms with Gasteiger partial charge >= 0.3 is 0 Å². The Bertz CT molecular complexity index is 143. The molecule has 0 spiro atoms. The molecule has 0 aliphatic carbocycles. The van der Waals surface area contributed by atoms with E-state index in [9.17, 15) is 0 Å². The zero-order valence-corrected chi connectivity index (χ0v) is 10.8. The summed E-state index contributed by atoms with van der Waals surface area (Å²) in [6.07, 6.45) is 6.81. The van der Waals surface area contributed by atoms with Crippen LogP contribution in [0.3, 0.4) is 0 Å². The zero-order valence-electron chi connectivity index (χ0n) is 10.8. The van der Waals surface area contributed by atoms with Crippen molar-refractivity contribution in [3.05, 3.63) is 0 Å². The molecule has 1 saturated heterocycles. The van der Waals surface area contributed by atoms with Crippen LogP contribution in [-0.2, 0) is 0 Å². The molecule has 90 valence electrons. The van der Waals surface area contributed by atoms with Gasteiger partial charge in [-0.05, 0) is 38.8 Å². The van der Waals surface area contributed by atoms with E-state index < -0.39 is 0 Å². The smallest absolute Gasteiger partial charge is 0.0198 e. The maximum Gasteiger partial charge on any atom is 0.0198 e. The second-order valence-corrected chi connectivity index (χ2v) is 5.12. The highest BCUT2D eigenvalue weighted by Crippen LogP contribution is 2.21. The van der Waals surface area contributed by atoms with Gasteiger partial charge in [-0.15, -0.1) is 0 Å². The lowest BCUT2D eigenvalue weighted by Crippen LogP contribution is -2.47. The van der Waals surface area contributed by atoms with Gasteiger partial charge in [0.15, 0.2) is 0 Å². The summed E-state index contributed by atoms with van der Waals surface area (Å²) < 4.78 is 0. The molecule has 1 aliphatic rings. The van der Waals surface area contributed by atoms with Gasteiger partial charge in [0, 0.05) is 19.1 Å². The first-order chi connectivity index (χ1) is 7.26. The number of nitrogens with one attached hydrogen (secondary N) is 1. The lowest BCUT2D eigenvalue weighted by molar-refractivity contribution is 0.161. The first-order valence-electron chi connectivity index (χ1n) is 6.68. The molecule has 2 atom stereocenters. The molecule has 0 amide bonds. The molecule has 1 N–H and O–H groups in total. The topological polar surface area (TPSA) is 15.3 Å². The Kier molecular flexibility index (Phi) is 6.26. The van der Waals surface area contributed by atoms with E-state index in [-0.39, 0.29) is 0 Å². The van der Waals surface area contributed by atoms with Gasteiger partial charge in [0.1, 0.15) is 0 Å². The number of unbranched alkanes of at least 4 members (excludes halogenated alkanes) is 1. The molecule has 0 aromatic carbocycles. The van der Waals surface area contributed by atoms with Crippen LogP contribution in [0.2, 0.25) is 0 Å². The van der Waals surface area contributed by atoms with Crippen LogP contribution in [0.25, 0.3) is 0 Å². The van der Waals surface area contributed by atoms with Crippen molar-refractivity contribution in [1.82, 2.24) is 10.2 Å². The predicted molar refractivity (Wildman–Crippen MR) is 67.2 cm³/mol. The maximum absolute atomic E-state index is 3.67. The highest BCUT2D eigenvalue weighted by atomic mass is 15.1. The summed E-state index contributed by atoms with van der Waals surface area (Å²) in [5.74, 6) is 0.929. The zero-order chi connectivity index (χ0) is 11.1. The van der Waals surface area contributed by atoms with Gasteiger partial charge in [-0.2, -0.15) is 0 Å². The van der Waals surface area contributed by atoms with Gasteiger partial charge in [0.25, 0.3) is 0 Å². The fraction of sp³-hybridized carbons (Fsp3) is 1.00. The fourth-order valence-electron chi connectivity index (χ4n) is 2.64. The van der Waals surface area contributed by atoms with E-state index in [4.69, 9.17) is 0 Å². The van der Waals surface area contributed by atoms with Crippen LogP contribution in [0, 0.1) is 5.92 Å². The van der Waals surface area contributed by atoms with Crippen molar-refractivity contribution in [2.45, 2.75) is 52.0 Å². The Morgan fingerprint density at radius 1 is 1.20 bits per heavy atom. The van der Waals surface area contributed by atoms with Crippen LogP contribution in [0.4, 0.5) is 0 Å². The number of hydrogen-bond acceptors (Lipinski definition) is 2. The van der Waals surface area contributed by atoms with Crippen LogP contribution < -0.4 is 5.32 Å². The Balaban J connectivity index is 2.27. The minimum atomic E-state index is 0.741. The fourth-order valence-corrected chi connectivity index (χ4v) is 2.64. The van der Waals surface area contributed by atoms with Crippen molar-refractivity contribution in [2.24, 2.45) is 5.92 Å². The van der Waals surface area contributed by atoms with Gasteiger partial charge < -0.3 is 10.2 Å². The van der Waals surface area contributed by atoms with Crippen LogP contribution in [0.5, 0.6) is 0 Å². The predicted octanol–water partition coefficient (Wildman–Crippen LogP) is 2.50.